The highest BCUT2D eigenvalue weighted by Gasteiger charge is 2.21. The van der Waals surface area contributed by atoms with E-state index in [2.05, 4.69) is 4.98 Å². The second-order valence-electron chi connectivity index (χ2n) is 4.51. The Morgan fingerprint density at radius 1 is 1.19 bits per heavy atom. The van der Waals surface area contributed by atoms with Crippen molar-refractivity contribution >= 4 is 17.8 Å². The van der Waals surface area contributed by atoms with Crippen molar-refractivity contribution in [1.29, 1.82) is 0 Å². The number of carbonyl (C=O) groups is 1. The zero-order chi connectivity index (χ0) is 14.7. The lowest BCUT2D eigenvalue weighted by Crippen LogP contribution is -1.97. The second kappa shape index (κ2) is 5.63. The Hall–Kier alpha value is -2.88. The summed E-state index contributed by atoms with van der Waals surface area (Å²) in [5.74, 6) is 0.942. The highest BCUT2D eigenvalue weighted by Crippen LogP contribution is 2.28. The molecule has 0 spiro atoms. The molecule has 0 atom stereocenters. The van der Waals surface area contributed by atoms with Crippen molar-refractivity contribution in [2.45, 2.75) is 0 Å². The summed E-state index contributed by atoms with van der Waals surface area (Å²) >= 11 is 0. The van der Waals surface area contributed by atoms with E-state index in [1.807, 2.05) is 36.4 Å². The molecule has 21 heavy (non-hydrogen) atoms. The number of ether oxygens (including phenoxy) is 2. The molecule has 2 heterocycles. The van der Waals surface area contributed by atoms with Gasteiger partial charge in [-0.15, -0.1) is 0 Å². The third kappa shape index (κ3) is 2.84. The molecule has 4 nitrogen and oxygen atoms in total. The second-order valence-corrected chi connectivity index (χ2v) is 4.51. The number of benzene rings is 1. The summed E-state index contributed by atoms with van der Waals surface area (Å²) in [6.07, 6.45) is 6.87. The van der Waals surface area contributed by atoms with Gasteiger partial charge >= 0.3 is 5.97 Å². The number of carbonyl (C=O) groups excluding carboxylic acids is 1. The molecule has 3 rings (SSSR count). The van der Waals surface area contributed by atoms with E-state index in [-0.39, 0.29) is 5.97 Å². The van der Waals surface area contributed by atoms with E-state index >= 15 is 0 Å². The van der Waals surface area contributed by atoms with Crippen LogP contribution in [0.4, 0.5) is 0 Å². The molecule has 1 aliphatic heterocycles. The molecule has 1 aliphatic rings. The summed E-state index contributed by atoms with van der Waals surface area (Å²) in [7, 11) is 1.61. The Labute approximate surface area is 122 Å². The molecule has 104 valence electrons. The van der Waals surface area contributed by atoms with Crippen molar-refractivity contribution in [1.82, 2.24) is 4.98 Å². The molecule has 0 N–H and O–H groups in total. The number of esters is 1. The highest BCUT2D eigenvalue weighted by molar-refractivity contribution is 6.05. The van der Waals surface area contributed by atoms with E-state index in [9.17, 15) is 4.79 Å². The molecule has 1 aromatic carbocycles. The van der Waals surface area contributed by atoms with Crippen molar-refractivity contribution in [2.75, 3.05) is 7.11 Å². The molecule has 4 heteroatoms. The van der Waals surface area contributed by atoms with Gasteiger partial charge in [-0.1, -0.05) is 6.07 Å². The van der Waals surface area contributed by atoms with E-state index < -0.39 is 0 Å². The maximum Gasteiger partial charge on any atom is 0.343 e. The fourth-order valence-electron chi connectivity index (χ4n) is 2.03. The number of pyridine rings is 1. The number of methoxy groups -OCH3 is 1. The van der Waals surface area contributed by atoms with Crippen LogP contribution in [0.25, 0.3) is 11.8 Å². The Bertz CT molecular complexity index is 715. The maximum atomic E-state index is 11.9. The molecule has 0 amide bonds. The maximum absolute atomic E-state index is 11.9. The predicted octanol–water partition coefficient (Wildman–Crippen LogP) is 3.07. The minimum absolute atomic E-state index is 0.357. The smallest absolute Gasteiger partial charge is 0.343 e. The number of rotatable bonds is 3. The highest BCUT2D eigenvalue weighted by atomic mass is 16.5. The number of aromatic nitrogens is 1. The zero-order valence-corrected chi connectivity index (χ0v) is 11.4. The van der Waals surface area contributed by atoms with Gasteiger partial charge in [0.15, 0.2) is 0 Å². The summed E-state index contributed by atoms with van der Waals surface area (Å²) in [5.41, 5.74) is 2.20. The van der Waals surface area contributed by atoms with Gasteiger partial charge in [0.2, 0.25) is 0 Å². The van der Waals surface area contributed by atoms with Crippen molar-refractivity contribution < 1.29 is 14.3 Å². The summed E-state index contributed by atoms with van der Waals surface area (Å²) in [6.45, 7) is 0. The van der Waals surface area contributed by atoms with Gasteiger partial charge in [0, 0.05) is 18.0 Å². The molecule has 0 fully saturated rings. The normalized spacial score (nSPS) is 15.8. The van der Waals surface area contributed by atoms with E-state index in [0.717, 1.165) is 16.9 Å². The molecule has 0 bridgehead atoms. The molecule has 0 aliphatic carbocycles. The van der Waals surface area contributed by atoms with Crippen molar-refractivity contribution in [3.05, 3.63) is 71.6 Å². The third-order valence-corrected chi connectivity index (χ3v) is 3.11. The van der Waals surface area contributed by atoms with E-state index in [1.54, 1.807) is 31.7 Å². The van der Waals surface area contributed by atoms with Crippen LogP contribution >= 0.6 is 0 Å². The lowest BCUT2D eigenvalue weighted by molar-refractivity contribution is -0.130. The SMILES string of the molecule is COc1ccc(C2=C/C(=C\c3cccnc3)C(=O)O2)cc1. The van der Waals surface area contributed by atoms with E-state index in [1.165, 1.54) is 0 Å². The first-order chi connectivity index (χ1) is 10.3. The molecular weight excluding hydrogens is 266 g/mol. The first-order valence-electron chi connectivity index (χ1n) is 6.46. The van der Waals surface area contributed by atoms with Crippen LogP contribution in [0.5, 0.6) is 5.75 Å². The lowest BCUT2D eigenvalue weighted by Gasteiger charge is -2.03. The minimum atomic E-state index is -0.357. The van der Waals surface area contributed by atoms with Crippen LogP contribution in [-0.4, -0.2) is 18.1 Å². The monoisotopic (exact) mass is 279 g/mol. The van der Waals surface area contributed by atoms with Crippen LogP contribution in [-0.2, 0) is 9.53 Å². The molecular formula is C17H13NO3. The van der Waals surface area contributed by atoms with Crippen molar-refractivity contribution in [3.63, 3.8) is 0 Å². The summed E-state index contributed by atoms with van der Waals surface area (Å²) in [6, 6.07) is 11.1. The van der Waals surface area contributed by atoms with Gasteiger partial charge in [0.1, 0.15) is 11.5 Å². The van der Waals surface area contributed by atoms with Crippen molar-refractivity contribution in [2.24, 2.45) is 0 Å². The number of cyclic esters (lactones) is 1. The van der Waals surface area contributed by atoms with Crippen LogP contribution in [0, 0.1) is 0 Å². The Morgan fingerprint density at radius 3 is 2.67 bits per heavy atom. The van der Waals surface area contributed by atoms with Gasteiger partial charge in [-0.2, -0.15) is 0 Å². The van der Waals surface area contributed by atoms with Gasteiger partial charge in [-0.3, -0.25) is 4.98 Å². The minimum Gasteiger partial charge on any atom is -0.497 e. The average Bonchev–Trinajstić information content (AvgIpc) is 2.89. The number of nitrogens with zero attached hydrogens (tertiary/aromatic N) is 1. The Balaban J connectivity index is 1.89. The van der Waals surface area contributed by atoms with Crippen LogP contribution in [0.1, 0.15) is 11.1 Å². The molecule has 0 saturated carbocycles. The summed E-state index contributed by atoms with van der Waals surface area (Å²) in [5, 5.41) is 0. The van der Waals surface area contributed by atoms with E-state index in [0.29, 0.717) is 11.3 Å². The van der Waals surface area contributed by atoms with Gasteiger partial charge in [0.05, 0.1) is 12.7 Å². The summed E-state index contributed by atoms with van der Waals surface area (Å²) in [4.78, 5) is 15.9. The summed E-state index contributed by atoms with van der Waals surface area (Å²) < 4.78 is 10.4. The predicted molar refractivity (Wildman–Crippen MR) is 79.3 cm³/mol. The number of hydrogen-bond acceptors (Lipinski definition) is 4. The largest absolute Gasteiger partial charge is 0.497 e. The lowest BCUT2D eigenvalue weighted by atomic mass is 10.1. The van der Waals surface area contributed by atoms with Gasteiger partial charge in [-0.25, -0.2) is 4.79 Å². The molecule has 2 aromatic rings. The molecule has 0 saturated heterocycles. The number of hydrogen-bond donors (Lipinski definition) is 0. The Morgan fingerprint density at radius 2 is 2.00 bits per heavy atom. The first-order valence-corrected chi connectivity index (χ1v) is 6.46. The van der Waals surface area contributed by atoms with Crippen molar-refractivity contribution in [3.8, 4) is 5.75 Å². The topological polar surface area (TPSA) is 48.4 Å². The zero-order valence-electron chi connectivity index (χ0n) is 11.4. The van der Waals surface area contributed by atoms with Crippen LogP contribution in [0.15, 0.2) is 60.4 Å². The van der Waals surface area contributed by atoms with Gasteiger partial charge in [0.25, 0.3) is 0 Å². The average molecular weight is 279 g/mol. The standard InChI is InChI=1S/C17H13NO3/c1-20-15-6-4-13(5-7-15)16-10-14(17(19)21-16)9-12-3-2-8-18-11-12/h2-11H,1H3/b14-9+. The fraction of sp³-hybridized carbons (Fsp3) is 0.0588. The molecule has 0 radical (unpaired) electrons. The molecule has 0 unspecified atom stereocenters. The quantitative estimate of drug-likeness (QED) is 0.640. The van der Waals surface area contributed by atoms with E-state index in [4.69, 9.17) is 9.47 Å². The van der Waals surface area contributed by atoms with Gasteiger partial charge in [-0.05, 0) is 48.0 Å². The fourth-order valence-corrected chi connectivity index (χ4v) is 2.03. The third-order valence-electron chi connectivity index (χ3n) is 3.11. The van der Waals surface area contributed by atoms with Gasteiger partial charge < -0.3 is 9.47 Å². The van der Waals surface area contributed by atoms with Crippen LogP contribution < -0.4 is 4.74 Å². The first kappa shape index (κ1) is 13.1. The van der Waals surface area contributed by atoms with Crippen LogP contribution in [0.2, 0.25) is 0 Å². The Kier molecular flexibility index (Phi) is 3.51. The molecule has 1 aromatic heterocycles. The van der Waals surface area contributed by atoms with Crippen LogP contribution in [0.3, 0.4) is 0 Å².